The third kappa shape index (κ3) is 5.14. The molecule has 0 bridgehead atoms. The maximum absolute atomic E-state index is 13.2. The SMILES string of the molecule is CC(C)(C)OC(=O)N1CCC1C(=O)N[C@H]1CCN(c2ccc(-c3ccc(F)cc3)cc2C#N)C1. The van der Waals surface area contributed by atoms with Crippen LogP contribution in [-0.4, -0.2) is 54.2 Å². The largest absolute Gasteiger partial charge is 0.444 e. The summed E-state index contributed by atoms with van der Waals surface area (Å²) in [6, 6.07) is 13.5. The molecule has 0 aliphatic carbocycles. The first-order valence-corrected chi connectivity index (χ1v) is 11.5. The predicted octanol–water partition coefficient (Wildman–Crippen LogP) is 4.07. The summed E-state index contributed by atoms with van der Waals surface area (Å²) in [7, 11) is 0. The Morgan fingerprint density at radius 1 is 1.09 bits per heavy atom. The number of amides is 2. The molecule has 4 rings (SSSR count). The van der Waals surface area contributed by atoms with Crippen molar-refractivity contribution in [3.05, 3.63) is 53.8 Å². The molecule has 7 nitrogen and oxygen atoms in total. The number of carbonyl (C=O) groups excluding carboxylic acids is 2. The van der Waals surface area contributed by atoms with Gasteiger partial charge in [0.2, 0.25) is 5.91 Å². The molecule has 2 saturated heterocycles. The molecule has 1 N–H and O–H groups in total. The van der Waals surface area contributed by atoms with E-state index in [2.05, 4.69) is 16.3 Å². The smallest absolute Gasteiger partial charge is 0.410 e. The molecule has 0 saturated carbocycles. The Hall–Kier alpha value is -3.60. The summed E-state index contributed by atoms with van der Waals surface area (Å²) in [5.41, 5.74) is 2.42. The van der Waals surface area contributed by atoms with Crippen molar-refractivity contribution >= 4 is 17.7 Å². The van der Waals surface area contributed by atoms with E-state index >= 15 is 0 Å². The van der Waals surface area contributed by atoms with E-state index in [4.69, 9.17) is 4.74 Å². The van der Waals surface area contributed by atoms with Crippen molar-refractivity contribution in [3.63, 3.8) is 0 Å². The van der Waals surface area contributed by atoms with Crippen molar-refractivity contribution in [1.82, 2.24) is 10.2 Å². The highest BCUT2D eigenvalue weighted by Crippen LogP contribution is 2.30. The molecule has 2 aromatic rings. The van der Waals surface area contributed by atoms with Gasteiger partial charge in [0.25, 0.3) is 0 Å². The zero-order chi connectivity index (χ0) is 24.5. The molecule has 0 radical (unpaired) electrons. The first kappa shape index (κ1) is 23.6. The Morgan fingerprint density at radius 2 is 1.79 bits per heavy atom. The van der Waals surface area contributed by atoms with Gasteiger partial charge in [0.1, 0.15) is 23.5 Å². The van der Waals surface area contributed by atoms with E-state index in [0.717, 1.165) is 23.2 Å². The quantitative estimate of drug-likeness (QED) is 0.737. The maximum Gasteiger partial charge on any atom is 0.410 e. The number of carbonyl (C=O) groups is 2. The number of nitrogens with one attached hydrogen (secondary N) is 1. The summed E-state index contributed by atoms with van der Waals surface area (Å²) in [5, 5.41) is 12.8. The molecule has 2 heterocycles. The van der Waals surface area contributed by atoms with Crippen LogP contribution in [0.4, 0.5) is 14.9 Å². The number of hydrogen-bond donors (Lipinski definition) is 1. The number of hydrogen-bond acceptors (Lipinski definition) is 5. The van der Waals surface area contributed by atoms with Crippen LogP contribution in [-0.2, 0) is 9.53 Å². The van der Waals surface area contributed by atoms with E-state index in [9.17, 15) is 19.2 Å². The molecule has 178 valence electrons. The molecule has 2 atom stereocenters. The van der Waals surface area contributed by atoms with Gasteiger partial charge in [-0.2, -0.15) is 5.26 Å². The van der Waals surface area contributed by atoms with E-state index in [0.29, 0.717) is 31.6 Å². The lowest BCUT2D eigenvalue weighted by Gasteiger charge is -2.40. The Kier molecular flexibility index (Phi) is 6.47. The van der Waals surface area contributed by atoms with Gasteiger partial charge in [-0.05, 0) is 69.0 Å². The molecule has 2 aromatic carbocycles. The van der Waals surface area contributed by atoms with Gasteiger partial charge in [0, 0.05) is 25.7 Å². The van der Waals surface area contributed by atoms with Crippen molar-refractivity contribution in [1.29, 1.82) is 5.26 Å². The Labute approximate surface area is 199 Å². The number of halogens is 1. The fourth-order valence-electron chi connectivity index (χ4n) is 4.32. The van der Waals surface area contributed by atoms with Crippen molar-refractivity contribution < 1.29 is 18.7 Å². The van der Waals surface area contributed by atoms with Crippen molar-refractivity contribution in [2.24, 2.45) is 0 Å². The average molecular weight is 465 g/mol. The van der Waals surface area contributed by atoms with Gasteiger partial charge in [-0.1, -0.05) is 18.2 Å². The zero-order valence-electron chi connectivity index (χ0n) is 19.7. The minimum Gasteiger partial charge on any atom is -0.444 e. The molecule has 2 amide bonds. The number of rotatable bonds is 4. The second-order valence-corrected chi connectivity index (χ2v) is 9.77. The Morgan fingerprint density at radius 3 is 2.41 bits per heavy atom. The molecule has 0 aromatic heterocycles. The standard InChI is InChI=1S/C26H29FN4O3/c1-26(2,3)34-25(33)31-13-11-23(31)24(32)29-21-10-12-30(16-21)22-9-6-18(14-19(22)15-28)17-4-7-20(27)8-5-17/h4-9,14,21,23H,10-13,16H2,1-3H3,(H,29,32)/t21-,23?/m0/s1. The van der Waals surface area contributed by atoms with Gasteiger partial charge < -0.3 is 15.0 Å². The van der Waals surface area contributed by atoms with E-state index < -0.39 is 17.7 Å². The monoisotopic (exact) mass is 464 g/mol. The first-order valence-electron chi connectivity index (χ1n) is 11.5. The number of anilines is 1. The van der Waals surface area contributed by atoms with Gasteiger partial charge >= 0.3 is 6.09 Å². The normalized spacial score (nSPS) is 19.9. The molecule has 2 aliphatic rings. The van der Waals surface area contributed by atoms with E-state index in [1.807, 2.05) is 18.2 Å². The summed E-state index contributed by atoms with van der Waals surface area (Å²) in [6.45, 7) is 7.19. The topological polar surface area (TPSA) is 85.7 Å². The Bertz CT molecular complexity index is 1120. The first-order chi connectivity index (χ1) is 16.1. The number of ether oxygens (including phenoxy) is 1. The van der Waals surface area contributed by atoms with E-state index in [1.165, 1.54) is 17.0 Å². The number of benzene rings is 2. The lowest BCUT2D eigenvalue weighted by Crippen LogP contribution is -2.60. The van der Waals surface area contributed by atoms with Gasteiger partial charge in [-0.15, -0.1) is 0 Å². The fraction of sp³-hybridized carbons (Fsp3) is 0.423. The van der Waals surface area contributed by atoms with E-state index in [1.54, 1.807) is 32.9 Å². The summed E-state index contributed by atoms with van der Waals surface area (Å²) in [6.07, 6.45) is 0.896. The molecular formula is C26H29FN4O3. The lowest BCUT2D eigenvalue weighted by molar-refractivity contribution is -0.131. The second-order valence-electron chi connectivity index (χ2n) is 9.77. The summed E-state index contributed by atoms with van der Waals surface area (Å²) < 4.78 is 18.6. The molecule has 8 heteroatoms. The van der Waals surface area contributed by atoms with Gasteiger partial charge in [-0.3, -0.25) is 9.69 Å². The van der Waals surface area contributed by atoms with Crippen LogP contribution in [0.5, 0.6) is 0 Å². The number of likely N-dealkylation sites (tertiary alicyclic amines) is 1. The van der Waals surface area contributed by atoms with Crippen molar-refractivity contribution in [3.8, 4) is 17.2 Å². The average Bonchev–Trinajstić information content (AvgIpc) is 3.19. The van der Waals surface area contributed by atoms with Crippen molar-refractivity contribution in [2.45, 2.75) is 51.3 Å². The molecule has 1 unspecified atom stereocenters. The van der Waals surface area contributed by atoms with Crippen LogP contribution in [0.25, 0.3) is 11.1 Å². The summed E-state index contributed by atoms with van der Waals surface area (Å²) in [5.74, 6) is -0.474. The van der Waals surface area contributed by atoms with Crippen LogP contribution in [0.1, 0.15) is 39.2 Å². The highest BCUT2D eigenvalue weighted by molar-refractivity contribution is 5.87. The lowest BCUT2D eigenvalue weighted by atomic mass is 10.0. The van der Waals surface area contributed by atoms with Crippen LogP contribution in [0.3, 0.4) is 0 Å². The molecule has 0 spiro atoms. The predicted molar refractivity (Wildman–Crippen MR) is 127 cm³/mol. The number of nitrogens with zero attached hydrogens (tertiary/aromatic N) is 3. The van der Waals surface area contributed by atoms with E-state index in [-0.39, 0.29) is 17.8 Å². The van der Waals surface area contributed by atoms with Gasteiger partial charge in [0.15, 0.2) is 0 Å². The minimum atomic E-state index is -0.607. The summed E-state index contributed by atoms with van der Waals surface area (Å²) in [4.78, 5) is 28.7. The highest BCUT2D eigenvalue weighted by Gasteiger charge is 2.41. The third-order valence-electron chi connectivity index (χ3n) is 6.12. The maximum atomic E-state index is 13.2. The zero-order valence-corrected chi connectivity index (χ0v) is 19.7. The van der Waals surface area contributed by atoms with Crippen LogP contribution < -0.4 is 10.2 Å². The van der Waals surface area contributed by atoms with Crippen LogP contribution in [0.2, 0.25) is 0 Å². The molecule has 2 fully saturated rings. The summed E-state index contributed by atoms with van der Waals surface area (Å²) >= 11 is 0. The number of nitriles is 1. The van der Waals surface area contributed by atoms with Gasteiger partial charge in [-0.25, -0.2) is 9.18 Å². The highest BCUT2D eigenvalue weighted by atomic mass is 19.1. The second kappa shape index (κ2) is 9.34. The third-order valence-corrected chi connectivity index (χ3v) is 6.12. The van der Waals surface area contributed by atoms with Crippen LogP contribution in [0, 0.1) is 17.1 Å². The van der Waals surface area contributed by atoms with Gasteiger partial charge in [0.05, 0.1) is 11.3 Å². The van der Waals surface area contributed by atoms with Crippen LogP contribution in [0.15, 0.2) is 42.5 Å². The molecule has 34 heavy (non-hydrogen) atoms. The Balaban J connectivity index is 1.38. The van der Waals surface area contributed by atoms with Crippen LogP contribution >= 0.6 is 0 Å². The fourth-order valence-corrected chi connectivity index (χ4v) is 4.32. The van der Waals surface area contributed by atoms with Crippen molar-refractivity contribution in [2.75, 3.05) is 24.5 Å². The molecule has 2 aliphatic heterocycles. The molecular weight excluding hydrogens is 435 g/mol. The minimum absolute atomic E-state index is 0.0723.